The van der Waals surface area contributed by atoms with Gasteiger partial charge in [0.15, 0.2) is 11.5 Å². The summed E-state index contributed by atoms with van der Waals surface area (Å²) in [6.45, 7) is 4.96. The molecule has 0 spiro atoms. The smallest absolute Gasteiger partial charge is 0.240 e. The Kier molecular flexibility index (Phi) is 7.32. The van der Waals surface area contributed by atoms with E-state index >= 15 is 0 Å². The minimum atomic E-state index is -0.850. The predicted molar refractivity (Wildman–Crippen MR) is 95.1 cm³/mol. The molecule has 0 aromatic heterocycles. The van der Waals surface area contributed by atoms with E-state index in [0.717, 1.165) is 11.1 Å². The SMILES string of the molecule is COc1cc(C)c(C(C)NC(=O)C2(N)CCOCC2)cc1OC.Cl. The van der Waals surface area contributed by atoms with Gasteiger partial charge in [-0.15, -0.1) is 12.4 Å². The number of aryl methyl sites for hydroxylation is 1. The second-order valence-corrected chi connectivity index (χ2v) is 6.03. The average Bonchev–Trinajstić information content (AvgIpc) is 2.54. The number of hydrogen-bond donors (Lipinski definition) is 2. The fourth-order valence-electron chi connectivity index (χ4n) is 2.84. The van der Waals surface area contributed by atoms with Crippen LogP contribution < -0.4 is 20.5 Å². The van der Waals surface area contributed by atoms with Gasteiger partial charge in [-0.1, -0.05) is 0 Å². The van der Waals surface area contributed by atoms with Gasteiger partial charge in [-0.3, -0.25) is 4.79 Å². The number of nitrogens with two attached hydrogens (primary N) is 1. The Morgan fingerprint density at radius 2 is 1.79 bits per heavy atom. The summed E-state index contributed by atoms with van der Waals surface area (Å²) in [5.41, 5.74) is 7.38. The Labute approximate surface area is 149 Å². The van der Waals surface area contributed by atoms with E-state index in [1.165, 1.54) is 0 Å². The molecule has 1 heterocycles. The summed E-state index contributed by atoms with van der Waals surface area (Å²) in [4.78, 5) is 12.5. The molecule has 7 heteroatoms. The molecule has 1 fully saturated rings. The van der Waals surface area contributed by atoms with Gasteiger partial charge in [0, 0.05) is 13.2 Å². The summed E-state index contributed by atoms with van der Waals surface area (Å²) >= 11 is 0. The van der Waals surface area contributed by atoms with Crippen LogP contribution in [0.5, 0.6) is 11.5 Å². The van der Waals surface area contributed by atoms with E-state index in [1.54, 1.807) is 14.2 Å². The van der Waals surface area contributed by atoms with E-state index in [1.807, 2.05) is 26.0 Å². The maximum absolute atomic E-state index is 12.5. The molecule has 24 heavy (non-hydrogen) atoms. The molecule has 3 N–H and O–H groups in total. The third-order valence-corrected chi connectivity index (χ3v) is 4.42. The quantitative estimate of drug-likeness (QED) is 0.842. The molecule has 136 valence electrons. The number of nitrogens with one attached hydrogen (secondary N) is 1. The van der Waals surface area contributed by atoms with Crippen molar-refractivity contribution in [2.45, 2.75) is 38.3 Å². The largest absolute Gasteiger partial charge is 0.493 e. The van der Waals surface area contributed by atoms with Crippen molar-refractivity contribution in [3.05, 3.63) is 23.3 Å². The zero-order chi connectivity index (χ0) is 17.0. The summed E-state index contributed by atoms with van der Waals surface area (Å²) in [6.07, 6.45) is 1.08. The molecule has 1 saturated heterocycles. The molecule has 1 atom stereocenters. The molecule has 6 nitrogen and oxygen atoms in total. The second kappa shape index (κ2) is 8.55. The predicted octanol–water partition coefficient (Wildman–Crippen LogP) is 2.12. The van der Waals surface area contributed by atoms with Crippen molar-refractivity contribution >= 4 is 18.3 Å². The Bertz CT molecular complexity index is 574. The van der Waals surface area contributed by atoms with Crippen LogP contribution >= 0.6 is 12.4 Å². The van der Waals surface area contributed by atoms with Crippen molar-refractivity contribution in [1.82, 2.24) is 5.32 Å². The number of carbonyl (C=O) groups is 1. The summed E-state index contributed by atoms with van der Waals surface area (Å²) < 4.78 is 15.9. The number of ether oxygens (including phenoxy) is 3. The standard InChI is InChI=1S/C17H26N2O4.ClH/c1-11-9-14(21-3)15(22-4)10-13(11)12(2)19-16(20)17(18)5-7-23-8-6-17;/h9-10,12H,5-8,18H2,1-4H3,(H,19,20);1H. The molecule has 1 amide bonds. The van der Waals surface area contributed by atoms with Gasteiger partial charge < -0.3 is 25.3 Å². The highest BCUT2D eigenvalue weighted by Crippen LogP contribution is 2.33. The monoisotopic (exact) mass is 358 g/mol. The van der Waals surface area contributed by atoms with Crippen LogP contribution in [0.25, 0.3) is 0 Å². The van der Waals surface area contributed by atoms with Gasteiger partial charge >= 0.3 is 0 Å². The normalized spacial score (nSPS) is 17.4. The average molecular weight is 359 g/mol. The third-order valence-electron chi connectivity index (χ3n) is 4.42. The molecule has 0 radical (unpaired) electrons. The van der Waals surface area contributed by atoms with Crippen molar-refractivity contribution in [2.75, 3.05) is 27.4 Å². The minimum Gasteiger partial charge on any atom is -0.493 e. The molecule has 1 unspecified atom stereocenters. The van der Waals surface area contributed by atoms with Crippen LogP contribution in [-0.4, -0.2) is 38.9 Å². The third kappa shape index (κ3) is 4.32. The molecular weight excluding hydrogens is 332 g/mol. The van der Waals surface area contributed by atoms with Crippen molar-refractivity contribution in [1.29, 1.82) is 0 Å². The van der Waals surface area contributed by atoms with Crippen LogP contribution in [0, 0.1) is 6.92 Å². The number of rotatable bonds is 5. The highest BCUT2D eigenvalue weighted by atomic mass is 35.5. The van der Waals surface area contributed by atoms with Gasteiger partial charge in [0.1, 0.15) is 0 Å². The van der Waals surface area contributed by atoms with Crippen LogP contribution in [-0.2, 0) is 9.53 Å². The molecule has 0 aliphatic carbocycles. The van der Waals surface area contributed by atoms with Crippen molar-refractivity contribution < 1.29 is 19.0 Å². The lowest BCUT2D eigenvalue weighted by Crippen LogP contribution is -2.57. The minimum absolute atomic E-state index is 0. The van der Waals surface area contributed by atoms with Gasteiger partial charge in [0.05, 0.1) is 25.8 Å². The Morgan fingerprint density at radius 1 is 1.25 bits per heavy atom. The van der Waals surface area contributed by atoms with E-state index < -0.39 is 5.54 Å². The van der Waals surface area contributed by atoms with Crippen LogP contribution in [0.2, 0.25) is 0 Å². The first-order chi connectivity index (χ1) is 10.9. The molecule has 1 aromatic carbocycles. The van der Waals surface area contributed by atoms with E-state index in [2.05, 4.69) is 5.32 Å². The molecule has 0 bridgehead atoms. The fourth-order valence-corrected chi connectivity index (χ4v) is 2.84. The molecular formula is C17H27ClN2O4. The van der Waals surface area contributed by atoms with Crippen LogP contribution in [0.1, 0.15) is 36.9 Å². The molecule has 0 saturated carbocycles. The zero-order valence-electron chi connectivity index (χ0n) is 14.7. The highest BCUT2D eigenvalue weighted by molar-refractivity contribution is 5.86. The molecule has 2 rings (SSSR count). The Morgan fingerprint density at radius 3 is 2.33 bits per heavy atom. The number of halogens is 1. The lowest BCUT2D eigenvalue weighted by atomic mass is 9.89. The van der Waals surface area contributed by atoms with Gasteiger partial charge in [-0.2, -0.15) is 0 Å². The fraction of sp³-hybridized carbons (Fsp3) is 0.588. The Balaban J connectivity index is 0.00000288. The second-order valence-electron chi connectivity index (χ2n) is 6.03. The number of methoxy groups -OCH3 is 2. The summed E-state index contributed by atoms with van der Waals surface area (Å²) in [6, 6.07) is 3.63. The number of benzene rings is 1. The zero-order valence-corrected chi connectivity index (χ0v) is 15.5. The maximum atomic E-state index is 12.5. The maximum Gasteiger partial charge on any atom is 0.240 e. The van der Waals surface area contributed by atoms with Gasteiger partial charge in [0.25, 0.3) is 0 Å². The van der Waals surface area contributed by atoms with E-state index in [0.29, 0.717) is 37.6 Å². The van der Waals surface area contributed by atoms with Crippen LogP contribution in [0.4, 0.5) is 0 Å². The topological polar surface area (TPSA) is 82.8 Å². The van der Waals surface area contributed by atoms with Crippen molar-refractivity contribution in [3.8, 4) is 11.5 Å². The van der Waals surface area contributed by atoms with Crippen LogP contribution in [0.3, 0.4) is 0 Å². The first kappa shape index (κ1) is 20.5. The highest BCUT2D eigenvalue weighted by Gasteiger charge is 2.36. The lowest BCUT2D eigenvalue weighted by molar-refractivity contribution is -0.130. The molecule has 1 aliphatic heterocycles. The van der Waals surface area contributed by atoms with Gasteiger partial charge in [-0.05, 0) is 49.9 Å². The molecule has 1 aliphatic rings. The molecule has 1 aromatic rings. The van der Waals surface area contributed by atoms with Crippen molar-refractivity contribution in [2.24, 2.45) is 5.73 Å². The first-order valence-electron chi connectivity index (χ1n) is 7.81. The summed E-state index contributed by atoms with van der Waals surface area (Å²) in [5, 5.41) is 3.02. The van der Waals surface area contributed by atoms with Gasteiger partial charge in [-0.25, -0.2) is 0 Å². The summed E-state index contributed by atoms with van der Waals surface area (Å²) in [5.74, 6) is 1.18. The number of amides is 1. The van der Waals surface area contributed by atoms with Crippen molar-refractivity contribution in [3.63, 3.8) is 0 Å². The van der Waals surface area contributed by atoms with E-state index in [9.17, 15) is 4.79 Å². The first-order valence-corrected chi connectivity index (χ1v) is 7.81. The summed E-state index contributed by atoms with van der Waals surface area (Å²) in [7, 11) is 3.20. The number of hydrogen-bond acceptors (Lipinski definition) is 5. The number of carbonyl (C=O) groups excluding carboxylic acids is 1. The van der Waals surface area contributed by atoms with Crippen LogP contribution in [0.15, 0.2) is 12.1 Å². The van der Waals surface area contributed by atoms with E-state index in [4.69, 9.17) is 19.9 Å². The van der Waals surface area contributed by atoms with Gasteiger partial charge in [0.2, 0.25) is 5.91 Å². The van der Waals surface area contributed by atoms with E-state index in [-0.39, 0.29) is 24.4 Å². The lowest BCUT2D eigenvalue weighted by Gasteiger charge is -2.33. The Hall–Kier alpha value is -1.50.